The van der Waals surface area contributed by atoms with Gasteiger partial charge in [0, 0.05) is 11.1 Å². The quantitative estimate of drug-likeness (QED) is 0.507. The number of rotatable bonds is 5. The van der Waals surface area contributed by atoms with E-state index in [9.17, 15) is 4.79 Å². The van der Waals surface area contributed by atoms with Gasteiger partial charge in [-0.25, -0.2) is 9.78 Å². The molecule has 1 N–H and O–H groups in total. The summed E-state index contributed by atoms with van der Waals surface area (Å²) in [4.78, 5) is 16.6. The van der Waals surface area contributed by atoms with Crippen molar-refractivity contribution in [2.24, 2.45) is 5.10 Å². The summed E-state index contributed by atoms with van der Waals surface area (Å²) in [5.41, 5.74) is 3.42. The van der Waals surface area contributed by atoms with E-state index >= 15 is 0 Å². The number of carbonyl (C=O) groups is 1. The van der Waals surface area contributed by atoms with Crippen molar-refractivity contribution in [3.05, 3.63) is 48.2 Å². The Balaban J connectivity index is 2.16. The third kappa shape index (κ3) is 4.57. The number of hydrogen-bond acceptors (Lipinski definition) is 8. The average molecular weight is 337 g/mol. The lowest BCUT2D eigenvalue weighted by Gasteiger charge is -2.05. The van der Waals surface area contributed by atoms with Crippen molar-refractivity contribution >= 4 is 29.1 Å². The maximum absolute atomic E-state index is 11.5. The van der Waals surface area contributed by atoms with Crippen molar-refractivity contribution in [2.45, 2.75) is 9.92 Å². The van der Waals surface area contributed by atoms with Gasteiger partial charge in [-0.2, -0.15) is 15.6 Å². The molecule has 1 aromatic carbocycles. The van der Waals surface area contributed by atoms with E-state index in [-0.39, 0.29) is 5.71 Å². The molecule has 0 amide bonds. The van der Waals surface area contributed by atoms with Crippen LogP contribution in [0.3, 0.4) is 0 Å². The third-order valence-electron chi connectivity index (χ3n) is 2.72. The molecule has 8 heteroatoms. The molecule has 0 unspecified atom stereocenters. The van der Waals surface area contributed by atoms with Gasteiger partial charge in [-0.1, -0.05) is 17.8 Å². The fourth-order valence-electron chi connectivity index (χ4n) is 1.66. The lowest BCUT2D eigenvalue weighted by molar-refractivity contribution is 0.0600. The Morgan fingerprint density at radius 1 is 1.29 bits per heavy atom. The molecule has 2 rings (SSSR count). The summed E-state index contributed by atoms with van der Waals surface area (Å²) in [5, 5.41) is 21.6. The Hall–Kier alpha value is -3.36. The van der Waals surface area contributed by atoms with Gasteiger partial charge in [0.2, 0.25) is 5.71 Å². The van der Waals surface area contributed by atoms with Gasteiger partial charge in [0.15, 0.2) is 0 Å². The minimum absolute atomic E-state index is 0.263. The predicted octanol–water partition coefficient (Wildman–Crippen LogP) is 2.83. The minimum atomic E-state index is -0.426. The summed E-state index contributed by atoms with van der Waals surface area (Å²) >= 11 is 1.35. The summed E-state index contributed by atoms with van der Waals surface area (Å²) in [5.74, 6) is -0.426. The predicted molar refractivity (Wildman–Crippen MR) is 88.4 cm³/mol. The SMILES string of the molecule is COC(=O)c1ccnc(Sc2cccc(NN=C(C#N)C#N)c2)c1. The summed E-state index contributed by atoms with van der Waals surface area (Å²) in [6.07, 6.45) is 1.53. The molecule has 0 saturated heterocycles. The second-order valence-corrected chi connectivity index (χ2v) is 5.39. The van der Waals surface area contributed by atoms with Crippen LogP contribution in [0, 0.1) is 22.7 Å². The van der Waals surface area contributed by atoms with Crippen LogP contribution in [0.2, 0.25) is 0 Å². The number of carbonyl (C=O) groups excluding carboxylic acids is 1. The molecule has 2 aromatic rings. The first kappa shape index (κ1) is 17.0. The van der Waals surface area contributed by atoms with Crippen LogP contribution >= 0.6 is 11.8 Å². The smallest absolute Gasteiger partial charge is 0.337 e. The molecule has 7 nitrogen and oxygen atoms in total. The Kier molecular flexibility index (Phi) is 5.89. The lowest BCUT2D eigenvalue weighted by Crippen LogP contribution is -2.01. The second kappa shape index (κ2) is 8.32. The van der Waals surface area contributed by atoms with E-state index in [2.05, 4.69) is 20.2 Å². The van der Waals surface area contributed by atoms with Crippen LogP contribution in [-0.2, 0) is 4.74 Å². The Morgan fingerprint density at radius 3 is 2.79 bits per heavy atom. The zero-order valence-electron chi connectivity index (χ0n) is 12.6. The van der Waals surface area contributed by atoms with Crippen LogP contribution in [0.4, 0.5) is 5.69 Å². The molecule has 0 atom stereocenters. The number of hydrazone groups is 1. The van der Waals surface area contributed by atoms with Crippen molar-refractivity contribution in [2.75, 3.05) is 12.5 Å². The normalized spacial score (nSPS) is 9.29. The Labute approximate surface area is 142 Å². The van der Waals surface area contributed by atoms with E-state index in [0.717, 1.165) is 4.90 Å². The summed E-state index contributed by atoms with van der Waals surface area (Å²) in [6.45, 7) is 0. The fraction of sp³-hybridized carbons (Fsp3) is 0.0625. The number of nitrogens with one attached hydrogen (secondary N) is 1. The highest BCUT2D eigenvalue weighted by atomic mass is 32.2. The van der Waals surface area contributed by atoms with Gasteiger partial charge in [0.25, 0.3) is 0 Å². The van der Waals surface area contributed by atoms with Crippen molar-refractivity contribution in [1.82, 2.24) is 4.98 Å². The number of benzene rings is 1. The number of ether oxygens (including phenoxy) is 1. The van der Waals surface area contributed by atoms with Gasteiger partial charge in [-0.3, -0.25) is 5.43 Å². The number of pyridine rings is 1. The average Bonchev–Trinajstić information content (AvgIpc) is 2.62. The number of aromatic nitrogens is 1. The standard InChI is InChI=1S/C16H11N5O2S/c1-23-16(22)11-5-6-19-15(7-11)24-14-4-2-3-12(8-14)20-21-13(9-17)10-18/h2-8,20H,1H3. The van der Waals surface area contributed by atoms with Gasteiger partial charge in [-0.15, -0.1) is 0 Å². The molecular formula is C16H11N5O2S. The molecule has 0 aliphatic heterocycles. The number of hydrogen-bond donors (Lipinski definition) is 1. The van der Waals surface area contributed by atoms with Crippen LogP contribution in [0.25, 0.3) is 0 Å². The molecule has 0 bridgehead atoms. The van der Waals surface area contributed by atoms with Gasteiger partial charge >= 0.3 is 5.97 Å². The van der Waals surface area contributed by atoms with Crippen molar-refractivity contribution in [3.63, 3.8) is 0 Å². The lowest BCUT2D eigenvalue weighted by atomic mass is 10.3. The molecule has 0 aliphatic rings. The van der Waals surface area contributed by atoms with E-state index < -0.39 is 5.97 Å². The molecule has 0 spiro atoms. The topological polar surface area (TPSA) is 111 Å². The first-order valence-electron chi connectivity index (χ1n) is 6.62. The van der Waals surface area contributed by atoms with Crippen LogP contribution in [0.15, 0.2) is 57.6 Å². The van der Waals surface area contributed by atoms with E-state index in [1.807, 2.05) is 6.07 Å². The largest absolute Gasteiger partial charge is 0.465 e. The highest BCUT2D eigenvalue weighted by Gasteiger charge is 2.08. The van der Waals surface area contributed by atoms with E-state index in [4.69, 9.17) is 10.5 Å². The molecule has 118 valence electrons. The number of nitrogens with zero attached hydrogens (tertiary/aromatic N) is 4. The molecule has 0 radical (unpaired) electrons. The molecule has 0 saturated carbocycles. The first-order chi connectivity index (χ1) is 11.7. The number of nitriles is 2. The maximum atomic E-state index is 11.5. The van der Waals surface area contributed by atoms with E-state index in [1.54, 1.807) is 42.5 Å². The van der Waals surface area contributed by atoms with Gasteiger partial charge in [0.05, 0.1) is 18.4 Å². The first-order valence-corrected chi connectivity index (χ1v) is 7.44. The van der Waals surface area contributed by atoms with Gasteiger partial charge in [-0.05, 0) is 30.3 Å². The monoisotopic (exact) mass is 337 g/mol. The van der Waals surface area contributed by atoms with E-state index in [0.29, 0.717) is 16.3 Å². The van der Waals surface area contributed by atoms with Crippen molar-refractivity contribution in [1.29, 1.82) is 10.5 Å². The molecule has 1 heterocycles. The maximum Gasteiger partial charge on any atom is 0.337 e. The van der Waals surface area contributed by atoms with Crippen LogP contribution in [-0.4, -0.2) is 23.8 Å². The van der Waals surface area contributed by atoms with Crippen LogP contribution in [0.5, 0.6) is 0 Å². The van der Waals surface area contributed by atoms with Crippen molar-refractivity contribution < 1.29 is 9.53 Å². The highest BCUT2D eigenvalue weighted by Crippen LogP contribution is 2.28. The fourth-order valence-corrected chi connectivity index (χ4v) is 2.53. The third-order valence-corrected chi connectivity index (χ3v) is 3.64. The number of esters is 1. The zero-order valence-corrected chi connectivity index (χ0v) is 13.4. The van der Waals surface area contributed by atoms with Crippen LogP contribution in [0.1, 0.15) is 10.4 Å². The van der Waals surface area contributed by atoms with E-state index in [1.165, 1.54) is 25.1 Å². The molecular weight excluding hydrogens is 326 g/mol. The summed E-state index contributed by atoms with van der Waals surface area (Å²) < 4.78 is 4.68. The minimum Gasteiger partial charge on any atom is -0.465 e. The summed E-state index contributed by atoms with van der Waals surface area (Å²) in [7, 11) is 1.32. The highest BCUT2D eigenvalue weighted by molar-refractivity contribution is 7.99. The number of methoxy groups -OCH3 is 1. The molecule has 0 fully saturated rings. The molecule has 1 aromatic heterocycles. The Bertz CT molecular complexity index is 851. The summed E-state index contributed by atoms with van der Waals surface area (Å²) in [6, 6.07) is 13.7. The Morgan fingerprint density at radius 2 is 2.08 bits per heavy atom. The molecule has 24 heavy (non-hydrogen) atoms. The van der Waals surface area contributed by atoms with Gasteiger partial charge in [0.1, 0.15) is 17.2 Å². The van der Waals surface area contributed by atoms with Crippen LogP contribution < -0.4 is 5.43 Å². The molecule has 0 aliphatic carbocycles. The number of anilines is 1. The zero-order chi connectivity index (χ0) is 17.4. The van der Waals surface area contributed by atoms with Crippen molar-refractivity contribution in [3.8, 4) is 12.1 Å². The second-order valence-electron chi connectivity index (χ2n) is 4.30. The van der Waals surface area contributed by atoms with Gasteiger partial charge < -0.3 is 4.74 Å².